The Hall–Kier alpha value is -4.81. The molecule has 63 heavy (non-hydrogen) atoms. The molecule has 0 saturated carbocycles. The standard InChI is InChI=1S/C47H51ClIN7O6S/c1-30-35(12-13-37(42(30)48)60-25-24-55-22-20-54(3)21-23-55)40-41-39(28-51-43(40)32-9-7-10-34(26-32)59-4)63-53-44(41)62-38(45(57)58)27-31-8-5-6-11-36(31)61-29-33-14-17-50-46(52-33)56-18-15-47(2,49)16-19-56/h5-14,17,26,28,38H,15-16,18-25,27,29H2,1-4H3,(H,57,58). The van der Waals surface area contributed by atoms with Crippen LogP contribution >= 0.6 is 45.7 Å². The minimum Gasteiger partial charge on any atom is -0.497 e. The number of methoxy groups -OCH3 is 1. The average Bonchev–Trinajstić information content (AvgIpc) is 3.70. The molecule has 6 aromatic rings. The van der Waals surface area contributed by atoms with Crippen LogP contribution in [0.3, 0.4) is 0 Å². The topological polar surface area (TPSA) is 136 Å². The third-order valence-electron chi connectivity index (χ3n) is 11.8. The van der Waals surface area contributed by atoms with Gasteiger partial charge < -0.3 is 33.9 Å². The molecule has 2 fully saturated rings. The van der Waals surface area contributed by atoms with E-state index in [1.54, 1.807) is 19.5 Å². The minimum atomic E-state index is -1.31. The van der Waals surface area contributed by atoms with Gasteiger partial charge in [-0.05, 0) is 85.4 Å². The van der Waals surface area contributed by atoms with Gasteiger partial charge in [-0.1, -0.05) is 77.5 Å². The highest BCUT2D eigenvalue weighted by molar-refractivity contribution is 14.1. The van der Waals surface area contributed by atoms with Crippen molar-refractivity contribution in [2.24, 2.45) is 0 Å². The van der Waals surface area contributed by atoms with E-state index in [1.165, 1.54) is 11.5 Å². The number of rotatable bonds is 16. The zero-order valence-electron chi connectivity index (χ0n) is 35.9. The highest BCUT2D eigenvalue weighted by Gasteiger charge is 2.30. The largest absolute Gasteiger partial charge is 0.497 e. The number of hydrogen-bond acceptors (Lipinski definition) is 13. The summed E-state index contributed by atoms with van der Waals surface area (Å²) in [5.74, 6) is 1.52. The summed E-state index contributed by atoms with van der Waals surface area (Å²) in [7, 11) is 3.76. The zero-order chi connectivity index (χ0) is 44.1. The van der Waals surface area contributed by atoms with Gasteiger partial charge in [-0.25, -0.2) is 14.8 Å². The molecule has 2 aliphatic rings. The molecule has 5 heterocycles. The van der Waals surface area contributed by atoms with Gasteiger partial charge in [-0.3, -0.25) is 9.88 Å². The van der Waals surface area contributed by atoms with Crippen LogP contribution in [0.25, 0.3) is 32.5 Å². The number of carboxylic acid groups (broad SMARTS) is 1. The average molecular weight is 1000 g/mol. The summed E-state index contributed by atoms with van der Waals surface area (Å²) in [6.45, 7) is 11.6. The second kappa shape index (κ2) is 19.9. The molecule has 8 rings (SSSR count). The van der Waals surface area contributed by atoms with E-state index in [4.69, 9.17) is 44.9 Å². The second-order valence-corrected chi connectivity index (χ2v) is 20.1. The van der Waals surface area contributed by atoms with Gasteiger partial charge in [-0.15, -0.1) is 0 Å². The fraction of sp³-hybridized carbons (Fsp3) is 0.383. The first-order valence-electron chi connectivity index (χ1n) is 21.1. The first-order chi connectivity index (χ1) is 30.5. The number of likely N-dealkylation sites (N-methyl/N-ethyl adjacent to an activating group) is 1. The minimum absolute atomic E-state index is 0.0105. The molecule has 0 aliphatic carbocycles. The van der Waals surface area contributed by atoms with Gasteiger partial charge in [-0.2, -0.15) is 4.37 Å². The normalized spacial score (nSPS) is 16.2. The molecule has 330 valence electrons. The summed E-state index contributed by atoms with van der Waals surface area (Å²) in [6, 6.07) is 20.8. The van der Waals surface area contributed by atoms with Gasteiger partial charge in [0.1, 0.15) is 30.5 Å². The number of fused-ring (bicyclic) bond motifs is 1. The lowest BCUT2D eigenvalue weighted by Crippen LogP contribution is -2.45. The Morgan fingerprint density at radius 1 is 0.984 bits per heavy atom. The van der Waals surface area contributed by atoms with E-state index in [1.807, 2.05) is 73.7 Å². The van der Waals surface area contributed by atoms with E-state index < -0.39 is 12.1 Å². The fourth-order valence-corrected chi connectivity index (χ4v) is 9.31. The molecule has 13 nitrogen and oxygen atoms in total. The van der Waals surface area contributed by atoms with Crippen molar-refractivity contribution in [2.75, 3.05) is 71.5 Å². The summed E-state index contributed by atoms with van der Waals surface area (Å²) in [4.78, 5) is 34.3. The molecular formula is C47H51ClIN7O6S. The highest BCUT2D eigenvalue weighted by Crippen LogP contribution is 2.46. The Kier molecular flexibility index (Phi) is 14.2. The molecule has 3 aromatic carbocycles. The third kappa shape index (κ3) is 10.6. The number of alkyl halides is 1. The van der Waals surface area contributed by atoms with Crippen LogP contribution in [-0.4, -0.2) is 116 Å². The van der Waals surface area contributed by atoms with E-state index >= 15 is 0 Å². The van der Waals surface area contributed by atoms with Gasteiger partial charge >= 0.3 is 5.97 Å². The lowest BCUT2D eigenvalue weighted by molar-refractivity contribution is -0.145. The van der Waals surface area contributed by atoms with Crippen molar-refractivity contribution in [1.29, 1.82) is 0 Å². The Morgan fingerprint density at radius 2 is 1.78 bits per heavy atom. The van der Waals surface area contributed by atoms with Crippen molar-refractivity contribution in [3.05, 3.63) is 101 Å². The highest BCUT2D eigenvalue weighted by atomic mass is 127. The van der Waals surface area contributed by atoms with Crippen LogP contribution in [0.1, 0.15) is 36.6 Å². The smallest absolute Gasteiger partial charge is 0.345 e. The van der Waals surface area contributed by atoms with E-state index in [0.717, 1.165) is 85.7 Å². The monoisotopic (exact) mass is 1000 g/mol. The van der Waals surface area contributed by atoms with Crippen molar-refractivity contribution in [3.63, 3.8) is 0 Å². The van der Waals surface area contributed by atoms with Gasteiger partial charge in [0.15, 0.2) is 0 Å². The first kappa shape index (κ1) is 44.8. The Bertz CT molecular complexity index is 2560. The molecule has 16 heteroatoms. The Balaban J connectivity index is 1.07. The number of carbonyl (C=O) groups is 1. The molecule has 0 amide bonds. The number of aromatic nitrogens is 4. The van der Waals surface area contributed by atoms with Gasteiger partial charge in [0.05, 0.1) is 33.6 Å². The molecular weight excluding hydrogens is 953 g/mol. The fourth-order valence-electron chi connectivity index (χ4n) is 7.91. The second-order valence-electron chi connectivity index (χ2n) is 16.3. The Labute approximate surface area is 390 Å². The van der Waals surface area contributed by atoms with Crippen molar-refractivity contribution in [1.82, 2.24) is 29.1 Å². The maximum atomic E-state index is 13.1. The summed E-state index contributed by atoms with van der Waals surface area (Å²) >= 11 is 10.8. The van der Waals surface area contributed by atoms with Crippen LogP contribution in [0.5, 0.6) is 23.1 Å². The number of benzene rings is 3. The molecule has 1 N–H and O–H groups in total. The van der Waals surface area contributed by atoms with Crippen LogP contribution in [-0.2, 0) is 17.8 Å². The van der Waals surface area contributed by atoms with Crippen molar-refractivity contribution >= 4 is 67.7 Å². The van der Waals surface area contributed by atoms with E-state index in [0.29, 0.717) is 57.0 Å². The quantitative estimate of drug-likeness (QED) is 0.0732. The Morgan fingerprint density at radius 3 is 2.56 bits per heavy atom. The number of halogens is 2. The predicted molar refractivity (Wildman–Crippen MR) is 256 cm³/mol. The number of ether oxygens (including phenoxy) is 4. The summed E-state index contributed by atoms with van der Waals surface area (Å²) in [5.41, 5.74) is 5.10. The number of carboxylic acids is 1. The number of piperazine rings is 1. The van der Waals surface area contributed by atoms with Crippen LogP contribution in [0.4, 0.5) is 5.95 Å². The lowest BCUT2D eigenvalue weighted by atomic mass is 9.93. The van der Waals surface area contributed by atoms with Crippen molar-refractivity contribution < 1.29 is 28.8 Å². The van der Waals surface area contributed by atoms with Crippen LogP contribution < -0.4 is 23.8 Å². The number of hydrogen-bond donors (Lipinski definition) is 1. The first-order valence-corrected chi connectivity index (χ1v) is 23.3. The van der Waals surface area contributed by atoms with Crippen LogP contribution in [0, 0.1) is 6.92 Å². The van der Waals surface area contributed by atoms with E-state index in [2.05, 4.69) is 56.2 Å². The van der Waals surface area contributed by atoms with Gasteiger partial charge in [0.25, 0.3) is 0 Å². The number of anilines is 1. The summed E-state index contributed by atoms with van der Waals surface area (Å²) < 4.78 is 30.3. The third-order valence-corrected chi connectivity index (χ3v) is 14.1. The van der Waals surface area contributed by atoms with Crippen LogP contribution in [0.15, 0.2) is 79.1 Å². The van der Waals surface area contributed by atoms with Gasteiger partial charge in [0.2, 0.25) is 17.9 Å². The molecule has 3 aromatic heterocycles. The number of aliphatic carboxylic acids is 1. The number of para-hydroxylation sites is 1. The van der Waals surface area contributed by atoms with Crippen LogP contribution in [0.2, 0.25) is 5.02 Å². The molecule has 2 saturated heterocycles. The number of nitrogens with zero attached hydrogens (tertiary/aromatic N) is 7. The molecule has 1 atom stereocenters. The molecule has 0 bridgehead atoms. The molecule has 0 spiro atoms. The lowest BCUT2D eigenvalue weighted by Gasteiger charge is -2.35. The maximum absolute atomic E-state index is 13.1. The van der Waals surface area contributed by atoms with Crippen molar-refractivity contribution in [3.8, 4) is 45.5 Å². The molecule has 2 aliphatic heterocycles. The molecule has 1 unspecified atom stereocenters. The SMILES string of the molecule is COc1cccc(-c2ncc3snc(OC(Cc4ccccc4OCc4ccnc(N5CCC(C)(I)CC5)n4)C(=O)O)c3c2-c2ccc(OCCN3CCN(C)CC3)c(Cl)c2C)c1. The number of pyridine rings is 1. The zero-order valence-corrected chi connectivity index (χ0v) is 39.6. The maximum Gasteiger partial charge on any atom is 0.345 e. The van der Waals surface area contributed by atoms with E-state index in [-0.39, 0.29) is 22.3 Å². The summed E-state index contributed by atoms with van der Waals surface area (Å²) in [6.07, 6.45) is 4.32. The summed E-state index contributed by atoms with van der Waals surface area (Å²) in [5, 5.41) is 11.8. The van der Waals surface area contributed by atoms with Crippen molar-refractivity contribution in [2.45, 2.75) is 49.2 Å². The van der Waals surface area contributed by atoms with Gasteiger partial charge in [0, 0.05) is 79.2 Å². The molecule has 0 radical (unpaired) electrons. The van der Waals surface area contributed by atoms with E-state index in [9.17, 15) is 9.90 Å². The predicted octanol–water partition coefficient (Wildman–Crippen LogP) is 8.86. The number of piperidine rings is 1.